The average Bonchev–Trinajstić information content (AvgIpc) is 2.41. The third kappa shape index (κ3) is 4.88. The number of nitrogens with one attached hydrogen (secondary N) is 2. The first-order valence-electron chi connectivity index (χ1n) is 7.41. The van der Waals surface area contributed by atoms with Gasteiger partial charge in [0.1, 0.15) is 5.82 Å². The Morgan fingerprint density at radius 1 is 1.33 bits per heavy atom. The lowest BCUT2D eigenvalue weighted by atomic mass is 9.84. The van der Waals surface area contributed by atoms with Crippen molar-refractivity contribution in [2.24, 2.45) is 5.92 Å². The number of anilines is 2. The molecular formula is C15H23FN2O2S. The summed E-state index contributed by atoms with van der Waals surface area (Å²) in [6.45, 7) is 2.21. The Balaban J connectivity index is 2.08. The summed E-state index contributed by atoms with van der Waals surface area (Å²) in [7, 11) is -3.48. The number of sulfonamides is 1. The zero-order valence-electron chi connectivity index (χ0n) is 12.5. The van der Waals surface area contributed by atoms with Crippen molar-refractivity contribution < 1.29 is 12.8 Å². The Hall–Kier alpha value is -1.30. The van der Waals surface area contributed by atoms with Gasteiger partial charge in [-0.3, -0.25) is 4.72 Å². The fourth-order valence-corrected chi connectivity index (χ4v) is 3.48. The first-order chi connectivity index (χ1) is 9.87. The molecule has 21 heavy (non-hydrogen) atoms. The third-order valence-corrected chi connectivity index (χ3v) is 4.58. The third-order valence-electron chi connectivity index (χ3n) is 3.99. The van der Waals surface area contributed by atoms with Crippen molar-refractivity contribution in [3.63, 3.8) is 0 Å². The Labute approximate surface area is 126 Å². The van der Waals surface area contributed by atoms with Crippen LogP contribution in [0.4, 0.5) is 15.8 Å². The summed E-state index contributed by atoms with van der Waals surface area (Å²) in [6.07, 6.45) is 6.89. The Kier molecular flexibility index (Phi) is 5.08. The molecule has 1 aliphatic rings. The van der Waals surface area contributed by atoms with Crippen molar-refractivity contribution in [1.82, 2.24) is 0 Å². The van der Waals surface area contributed by atoms with Crippen LogP contribution in [0, 0.1) is 11.7 Å². The van der Waals surface area contributed by atoms with Gasteiger partial charge in [-0.25, -0.2) is 12.8 Å². The number of hydrogen-bond donors (Lipinski definition) is 2. The van der Waals surface area contributed by atoms with Gasteiger partial charge < -0.3 is 5.32 Å². The smallest absolute Gasteiger partial charge is 0.229 e. The van der Waals surface area contributed by atoms with Crippen molar-refractivity contribution in [3.8, 4) is 0 Å². The van der Waals surface area contributed by atoms with Gasteiger partial charge >= 0.3 is 0 Å². The highest BCUT2D eigenvalue weighted by Crippen LogP contribution is 2.29. The van der Waals surface area contributed by atoms with Gasteiger partial charge in [-0.05, 0) is 37.0 Å². The normalized spacial score (nSPS) is 22.8. The van der Waals surface area contributed by atoms with Crippen LogP contribution in [0.3, 0.4) is 0 Å². The molecule has 0 amide bonds. The molecule has 2 unspecified atom stereocenters. The molecule has 1 saturated carbocycles. The van der Waals surface area contributed by atoms with E-state index in [9.17, 15) is 12.8 Å². The van der Waals surface area contributed by atoms with E-state index < -0.39 is 15.8 Å². The van der Waals surface area contributed by atoms with E-state index in [1.54, 1.807) is 6.07 Å². The maximum atomic E-state index is 13.6. The van der Waals surface area contributed by atoms with Crippen molar-refractivity contribution in [1.29, 1.82) is 0 Å². The molecule has 1 aromatic rings. The Bertz CT molecular complexity index is 589. The van der Waals surface area contributed by atoms with Crippen LogP contribution in [0.2, 0.25) is 0 Å². The predicted molar refractivity (Wildman–Crippen MR) is 84.5 cm³/mol. The van der Waals surface area contributed by atoms with Crippen LogP contribution in [0.1, 0.15) is 39.0 Å². The van der Waals surface area contributed by atoms with Gasteiger partial charge in [0, 0.05) is 11.7 Å². The van der Waals surface area contributed by atoms with Crippen LogP contribution >= 0.6 is 0 Å². The van der Waals surface area contributed by atoms with E-state index in [2.05, 4.69) is 17.0 Å². The molecule has 2 atom stereocenters. The monoisotopic (exact) mass is 314 g/mol. The zero-order chi connectivity index (χ0) is 15.5. The highest BCUT2D eigenvalue weighted by atomic mass is 32.2. The zero-order valence-corrected chi connectivity index (χ0v) is 13.3. The maximum absolute atomic E-state index is 13.6. The molecule has 0 aromatic heterocycles. The van der Waals surface area contributed by atoms with Gasteiger partial charge in [0.15, 0.2) is 0 Å². The molecule has 1 fully saturated rings. The van der Waals surface area contributed by atoms with Gasteiger partial charge in [0.25, 0.3) is 0 Å². The molecule has 2 N–H and O–H groups in total. The summed E-state index contributed by atoms with van der Waals surface area (Å²) in [4.78, 5) is 0. The fourth-order valence-electron chi connectivity index (χ4n) is 2.92. The average molecular weight is 314 g/mol. The largest absolute Gasteiger partial charge is 0.382 e. The fraction of sp³-hybridized carbons (Fsp3) is 0.600. The van der Waals surface area contributed by atoms with Crippen LogP contribution in [0.15, 0.2) is 18.2 Å². The van der Waals surface area contributed by atoms with Crippen LogP contribution < -0.4 is 10.0 Å². The van der Waals surface area contributed by atoms with E-state index in [0.717, 1.165) is 30.7 Å². The summed E-state index contributed by atoms with van der Waals surface area (Å²) in [5.74, 6) is 0.173. The molecule has 4 nitrogen and oxygen atoms in total. The summed E-state index contributed by atoms with van der Waals surface area (Å²) < 4.78 is 38.3. The lowest BCUT2D eigenvalue weighted by Crippen LogP contribution is -2.27. The molecule has 0 heterocycles. The number of benzene rings is 1. The summed E-state index contributed by atoms with van der Waals surface area (Å²) in [6, 6.07) is 4.83. The lowest BCUT2D eigenvalue weighted by Gasteiger charge is -2.30. The maximum Gasteiger partial charge on any atom is 0.229 e. The van der Waals surface area contributed by atoms with Crippen LogP contribution in [-0.2, 0) is 10.0 Å². The van der Waals surface area contributed by atoms with Crippen molar-refractivity contribution in [2.75, 3.05) is 16.3 Å². The summed E-state index contributed by atoms with van der Waals surface area (Å²) in [5.41, 5.74) is 0.745. The van der Waals surface area contributed by atoms with Crippen molar-refractivity contribution in [2.45, 2.75) is 45.1 Å². The molecule has 6 heteroatoms. The van der Waals surface area contributed by atoms with Crippen LogP contribution in [0.5, 0.6) is 0 Å². The molecule has 0 bridgehead atoms. The molecule has 0 radical (unpaired) electrons. The topological polar surface area (TPSA) is 58.2 Å². The van der Waals surface area contributed by atoms with E-state index in [4.69, 9.17) is 0 Å². The second-order valence-corrected chi connectivity index (χ2v) is 7.60. The highest BCUT2D eigenvalue weighted by Gasteiger charge is 2.20. The van der Waals surface area contributed by atoms with Gasteiger partial charge in [0.2, 0.25) is 10.0 Å². The number of hydrogen-bond acceptors (Lipinski definition) is 3. The molecule has 0 aliphatic heterocycles. The minimum Gasteiger partial charge on any atom is -0.382 e. The second kappa shape index (κ2) is 6.64. The van der Waals surface area contributed by atoms with Gasteiger partial charge in [-0.1, -0.05) is 26.2 Å². The minimum atomic E-state index is -3.48. The van der Waals surface area contributed by atoms with E-state index in [0.29, 0.717) is 6.04 Å². The first-order valence-corrected chi connectivity index (χ1v) is 9.30. The molecule has 1 aliphatic carbocycles. The molecular weight excluding hydrogens is 291 g/mol. The number of rotatable bonds is 5. The summed E-state index contributed by atoms with van der Waals surface area (Å²) in [5, 5.41) is 3.40. The Morgan fingerprint density at radius 3 is 2.76 bits per heavy atom. The van der Waals surface area contributed by atoms with E-state index >= 15 is 0 Å². The Morgan fingerprint density at radius 2 is 2.10 bits per heavy atom. The molecule has 1 aromatic carbocycles. The quantitative estimate of drug-likeness (QED) is 0.873. The van der Waals surface area contributed by atoms with Crippen LogP contribution in [-0.4, -0.2) is 20.7 Å². The predicted octanol–water partition coefficient (Wildman–Crippen LogP) is 3.58. The lowest BCUT2D eigenvalue weighted by molar-refractivity contribution is 0.327. The molecule has 0 saturated heterocycles. The van der Waals surface area contributed by atoms with E-state index in [-0.39, 0.29) is 5.69 Å². The van der Waals surface area contributed by atoms with Crippen LogP contribution in [0.25, 0.3) is 0 Å². The first kappa shape index (κ1) is 16.1. The van der Waals surface area contributed by atoms with Crippen molar-refractivity contribution in [3.05, 3.63) is 24.0 Å². The SMILES string of the molecule is CCC1CCCC(Nc2ccc(F)c(NS(C)(=O)=O)c2)C1. The number of halogens is 1. The van der Waals surface area contributed by atoms with E-state index in [1.165, 1.54) is 31.4 Å². The van der Waals surface area contributed by atoms with Gasteiger partial charge in [-0.2, -0.15) is 0 Å². The standard InChI is InChI=1S/C15H23FN2O2S/c1-3-11-5-4-6-12(9-11)17-13-7-8-14(16)15(10-13)18-21(2,19)20/h7-8,10-12,17-18H,3-6,9H2,1-2H3. The minimum absolute atomic E-state index is 0.00893. The van der Waals surface area contributed by atoms with Crippen molar-refractivity contribution >= 4 is 21.4 Å². The highest BCUT2D eigenvalue weighted by molar-refractivity contribution is 7.92. The second-order valence-electron chi connectivity index (χ2n) is 5.85. The molecule has 0 spiro atoms. The molecule has 118 valence electrons. The molecule has 2 rings (SSSR count). The van der Waals surface area contributed by atoms with Gasteiger partial charge in [0.05, 0.1) is 11.9 Å². The summed E-state index contributed by atoms with van der Waals surface area (Å²) >= 11 is 0. The van der Waals surface area contributed by atoms with Gasteiger partial charge in [-0.15, -0.1) is 0 Å². The van der Waals surface area contributed by atoms with E-state index in [1.807, 2.05) is 0 Å².